The third-order valence-electron chi connectivity index (χ3n) is 3.78. The van der Waals surface area contributed by atoms with E-state index in [2.05, 4.69) is 16.0 Å². The van der Waals surface area contributed by atoms with Gasteiger partial charge in [-0.15, -0.1) is 11.8 Å². The maximum atomic E-state index is 9.61. The Kier molecular flexibility index (Phi) is 6.17. The Morgan fingerprint density at radius 2 is 1.85 bits per heavy atom. The molecule has 136 valence electrons. The van der Waals surface area contributed by atoms with Crippen LogP contribution in [0.4, 0.5) is 0 Å². The molecule has 0 unspecified atom stereocenters. The van der Waals surface area contributed by atoms with Gasteiger partial charge in [-0.05, 0) is 42.7 Å². The first-order valence-corrected chi connectivity index (χ1v) is 9.63. The van der Waals surface area contributed by atoms with Gasteiger partial charge in [-0.25, -0.2) is 9.97 Å². The van der Waals surface area contributed by atoms with Crippen LogP contribution in [0, 0.1) is 11.3 Å². The van der Waals surface area contributed by atoms with E-state index < -0.39 is 0 Å². The van der Waals surface area contributed by atoms with Crippen LogP contribution in [0.15, 0.2) is 53.6 Å². The first kappa shape index (κ1) is 19.0. The van der Waals surface area contributed by atoms with Crippen LogP contribution >= 0.6 is 23.4 Å². The monoisotopic (exact) mass is 397 g/mol. The molecule has 0 saturated carbocycles. The van der Waals surface area contributed by atoms with Crippen molar-refractivity contribution in [2.45, 2.75) is 11.6 Å². The van der Waals surface area contributed by atoms with Gasteiger partial charge in [0.2, 0.25) is 0 Å². The van der Waals surface area contributed by atoms with Crippen LogP contribution in [-0.2, 0) is 6.61 Å². The van der Waals surface area contributed by atoms with E-state index in [0.29, 0.717) is 32.9 Å². The summed E-state index contributed by atoms with van der Waals surface area (Å²) >= 11 is 7.52. The van der Waals surface area contributed by atoms with Gasteiger partial charge in [0.05, 0.1) is 17.8 Å². The average Bonchev–Trinajstić information content (AvgIpc) is 2.72. The highest BCUT2D eigenvalue weighted by Gasteiger charge is 2.16. The van der Waals surface area contributed by atoms with Crippen LogP contribution < -0.4 is 9.47 Å². The lowest BCUT2D eigenvalue weighted by Gasteiger charge is -2.12. The van der Waals surface area contributed by atoms with E-state index in [-0.39, 0.29) is 6.61 Å². The zero-order valence-corrected chi connectivity index (χ0v) is 16.3. The lowest BCUT2D eigenvalue weighted by Crippen LogP contribution is -2.06. The highest BCUT2D eigenvalue weighted by molar-refractivity contribution is 7.98. The molecular formula is C20H16ClN3O2S. The van der Waals surface area contributed by atoms with Crippen molar-refractivity contribution in [3.8, 4) is 28.8 Å². The second-order valence-corrected chi connectivity index (χ2v) is 6.63. The molecule has 0 aliphatic rings. The summed E-state index contributed by atoms with van der Waals surface area (Å²) in [6, 6.07) is 16.8. The molecule has 3 rings (SSSR count). The number of nitrogens with zero attached hydrogens (tertiary/aromatic N) is 3. The van der Waals surface area contributed by atoms with E-state index in [1.54, 1.807) is 19.2 Å². The average molecular weight is 398 g/mol. The summed E-state index contributed by atoms with van der Waals surface area (Å²) in [5.74, 6) is 1.77. The molecule has 0 atom stereocenters. The molecule has 0 amide bonds. The van der Waals surface area contributed by atoms with Crippen molar-refractivity contribution in [3.63, 3.8) is 0 Å². The number of nitriles is 1. The molecule has 0 bridgehead atoms. The van der Waals surface area contributed by atoms with Gasteiger partial charge in [0.1, 0.15) is 34.8 Å². The van der Waals surface area contributed by atoms with Gasteiger partial charge >= 0.3 is 0 Å². The molecule has 1 heterocycles. The fourth-order valence-electron chi connectivity index (χ4n) is 2.46. The van der Waals surface area contributed by atoms with Gasteiger partial charge in [0.15, 0.2) is 5.82 Å². The Bertz CT molecular complexity index is 988. The van der Waals surface area contributed by atoms with Crippen molar-refractivity contribution in [1.29, 1.82) is 5.26 Å². The van der Waals surface area contributed by atoms with E-state index >= 15 is 0 Å². The topological polar surface area (TPSA) is 68.0 Å². The summed E-state index contributed by atoms with van der Waals surface area (Å²) in [6.07, 6.45) is 1.87. The Morgan fingerprint density at radius 3 is 2.48 bits per heavy atom. The number of thioether (sulfide) groups is 1. The normalized spacial score (nSPS) is 10.3. The number of benzene rings is 2. The van der Waals surface area contributed by atoms with Crippen LogP contribution in [0.25, 0.3) is 11.3 Å². The number of hydrogen-bond donors (Lipinski definition) is 0. The second-order valence-electron chi connectivity index (χ2n) is 5.43. The summed E-state index contributed by atoms with van der Waals surface area (Å²) in [5, 5.41) is 10.7. The predicted molar refractivity (Wildman–Crippen MR) is 106 cm³/mol. The molecule has 0 spiro atoms. The van der Waals surface area contributed by atoms with Crippen LogP contribution in [0.2, 0.25) is 5.02 Å². The van der Waals surface area contributed by atoms with Gasteiger partial charge in [-0.3, -0.25) is 0 Å². The minimum absolute atomic E-state index is 0.145. The Morgan fingerprint density at radius 1 is 1.11 bits per heavy atom. The standard InChI is InChI=1S/C20H16ClN3O2S/c1-25-14-9-7-13(8-10-14)19-15(11-22)20(27-2)24-18(23-19)12-26-17-6-4-3-5-16(17)21/h3-10H,12H2,1-2H3. The van der Waals surface area contributed by atoms with Crippen molar-refractivity contribution in [2.75, 3.05) is 13.4 Å². The smallest absolute Gasteiger partial charge is 0.167 e. The lowest BCUT2D eigenvalue weighted by atomic mass is 10.1. The molecule has 5 nitrogen and oxygen atoms in total. The molecule has 27 heavy (non-hydrogen) atoms. The first-order chi connectivity index (χ1) is 13.2. The van der Waals surface area contributed by atoms with Crippen molar-refractivity contribution >= 4 is 23.4 Å². The summed E-state index contributed by atoms with van der Waals surface area (Å²) < 4.78 is 10.9. The summed E-state index contributed by atoms with van der Waals surface area (Å²) in [4.78, 5) is 9.03. The van der Waals surface area contributed by atoms with Crippen molar-refractivity contribution in [1.82, 2.24) is 9.97 Å². The molecule has 3 aromatic rings. The number of rotatable bonds is 6. The lowest BCUT2D eigenvalue weighted by molar-refractivity contribution is 0.295. The Balaban J connectivity index is 1.98. The molecule has 0 aliphatic heterocycles. The number of methoxy groups -OCH3 is 1. The maximum Gasteiger partial charge on any atom is 0.167 e. The van der Waals surface area contributed by atoms with Crippen LogP contribution in [0.1, 0.15) is 11.4 Å². The summed E-state index contributed by atoms with van der Waals surface area (Å²) in [5.41, 5.74) is 1.82. The third-order valence-corrected chi connectivity index (χ3v) is 4.78. The number of aromatic nitrogens is 2. The Labute approximate surface area is 166 Å². The van der Waals surface area contributed by atoms with E-state index in [1.807, 2.05) is 42.7 Å². The largest absolute Gasteiger partial charge is 0.497 e. The number of para-hydroxylation sites is 1. The molecule has 7 heteroatoms. The second kappa shape index (κ2) is 8.76. The SMILES string of the molecule is COc1ccc(-c2nc(COc3ccccc3Cl)nc(SC)c2C#N)cc1. The maximum absolute atomic E-state index is 9.61. The molecule has 0 N–H and O–H groups in total. The number of hydrogen-bond acceptors (Lipinski definition) is 6. The van der Waals surface area contributed by atoms with Gasteiger partial charge < -0.3 is 9.47 Å². The third kappa shape index (κ3) is 4.33. The molecular weight excluding hydrogens is 382 g/mol. The van der Waals surface area contributed by atoms with Gasteiger partial charge in [-0.1, -0.05) is 23.7 Å². The van der Waals surface area contributed by atoms with Crippen molar-refractivity contribution in [3.05, 3.63) is 64.9 Å². The van der Waals surface area contributed by atoms with E-state index in [1.165, 1.54) is 11.8 Å². The zero-order valence-electron chi connectivity index (χ0n) is 14.8. The van der Waals surface area contributed by atoms with Gasteiger partial charge in [-0.2, -0.15) is 5.26 Å². The molecule has 0 aliphatic carbocycles. The molecule has 0 fully saturated rings. The molecule has 2 aromatic carbocycles. The first-order valence-electron chi connectivity index (χ1n) is 8.03. The van der Waals surface area contributed by atoms with Crippen LogP contribution in [0.5, 0.6) is 11.5 Å². The highest BCUT2D eigenvalue weighted by Crippen LogP contribution is 2.30. The van der Waals surface area contributed by atoms with E-state index in [9.17, 15) is 5.26 Å². The minimum Gasteiger partial charge on any atom is -0.497 e. The van der Waals surface area contributed by atoms with E-state index in [4.69, 9.17) is 21.1 Å². The number of halogens is 1. The minimum atomic E-state index is 0.145. The summed E-state index contributed by atoms with van der Waals surface area (Å²) in [6.45, 7) is 0.145. The molecule has 1 aromatic heterocycles. The highest BCUT2D eigenvalue weighted by atomic mass is 35.5. The molecule has 0 saturated heterocycles. The fraction of sp³-hybridized carbons (Fsp3) is 0.150. The van der Waals surface area contributed by atoms with Gasteiger partial charge in [0.25, 0.3) is 0 Å². The fourth-order valence-corrected chi connectivity index (χ4v) is 3.19. The van der Waals surface area contributed by atoms with Crippen LogP contribution in [0.3, 0.4) is 0 Å². The zero-order chi connectivity index (χ0) is 19.2. The van der Waals surface area contributed by atoms with Crippen molar-refractivity contribution < 1.29 is 9.47 Å². The summed E-state index contributed by atoms with van der Waals surface area (Å²) in [7, 11) is 1.61. The molecule has 0 radical (unpaired) electrons. The predicted octanol–water partition coefficient (Wildman–Crippen LogP) is 4.98. The quantitative estimate of drug-likeness (QED) is 0.431. The number of ether oxygens (including phenoxy) is 2. The van der Waals surface area contributed by atoms with E-state index in [0.717, 1.165) is 11.3 Å². The van der Waals surface area contributed by atoms with Crippen LogP contribution in [-0.4, -0.2) is 23.3 Å². The van der Waals surface area contributed by atoms with Gasteiger partial charge in [0, 0.05) is 5.56 Å². The Hall–Kier alpha value is -2.75. The van der Waals surface area contributed by atoms with Crippen molar-refractivity contribution in [2.24, 2.45) is 0 Å².